The molecule has 0 radical (unpaired) electrons. The van der Waals surface area contributed by atoms with Crippen molar-refractivity contribution in [3.8, 4) is 11.5 Å². The lowest BCUT2D eigenvalue weighted by Gasteiger charge is -2.31. The summed E-state index contributed by atoms with van der Waals surface area (Å²) in [6, 6.07) is 19.1. The van der Waals surface area contributed by atoms with Crippen molar-refractivity contribution < 1.29 is 14.7 Å². The Hall–Kier alpha value is -3.44. The van der Waals surface area contributed by atoms with Crippen molar-refractivity contribution in [2.24, 2.45) is 9.98 Å². The lowest BCUT2D eigenvalue weighted by atomic mass is 9.79. The number of hydrogen-bond acceptors (Lipinski definition) is 4. The Kier molecular flexibility index (Phi) is 10.8. The molecule has 0 heterocycles. The van der Waals surface area contributed by atoms with Gasteiger partial charge in [0.2, 0.25) is 0 Å². The molecule has 47 heavy (non-hydrogen) atoms. The molecule has 1 fully saturated rings. The molecular formula is C42H60N3O2+. The highest BCUT2D eigenvalue weighted by atomic mass is 16.3. The first-order valence-electron chi connectivity index (χ1n) is 17.4. The molecule has 0 aromatic heterocycles. The minimum atomic E-state index is -0.191. The van der Waals surface area contributed by atoms with E-state index >= 15 is 0 Å². The quantitative estimate of drug-likeness (QED) is 0.191. The summed E-state index contributed by atoms with van der Waals surface area (Å²) in [5.41, 5.74) is 6.77. The number of phenolic OH excluding ortho intramolecular Hbond substituents is 2. The fourth-order valence-corrected chi connectivity index (χ4v) is 6.52. The van der Waals surface area contributed by atoms with Crippen LogP contribution in [0.15, 0.2) is 64.6 Å². The van der Waals surface area contributed by atoms with Crippen LogP contribution in [-0.2, 0) is 29.3 Å². The highest BCUT2D eigenvalue weighted by Crippen LogP contribution is 2.38. The van der Waals surface area contributed by atoms with Crippen LogP contribution in [0.2, 0.25) is 0 Å². The molecule has 0 saturated heterocycles. The Morgan fingerprint density at radius 3 is 1.64 bits per heavy atom. The van der Waals surface area contributed by atoms with Crippen molar-refractivity contribution in [3.05, 3.63) is 93.5 Å². The predicted molar refractivity (Wildman–Crippen MR) is 200 cm³/mol. The third kappa shape index (κ3) is 9.56. The van der Waals surface area contributed by atoms with E-state index in [4.69, 9.17) is 9.98 Å². The van der Waals surface area contributed by atoms with Gasteiger partial charge >= 0.3 is 0 Å². The molecule has 5 heteroatoms. The van der Waals surface area contributed by atoms with Gasteiger partial charge in [-0.3, -0.25) is 9.98 Å². The van der Waals surface area contributed by atoms with Crippen LogP contribution in [-0.4, -0.2) is 53.3 Å². The molecule has 254 valence electrons. The largest absolute Gasteiger partial charge is 0.507 e. The maximum absolute atomic E-state index is 11.6. The Labute approximate surface area is 285 Å². The SMILES string of the molecule is CC(C)(C)c1cc(C=N[C@H]2CCCC[C@@H]2N=Cc2cc(C(C)(C)C)cc(C(C)(C)C)c2O)c(O)c(C[N+](C)(C)Cc2ccccc2)c1. The lowest BCUT2D eigenvalue weighted by molar-refractivity contribution is -0.916. The highest BCUT2D eigenvalue weighted by Gasteiger charge is 2.28. The third-order valence-electron chi connectivity index (χ3n) is 9.45. The molecule has 0 aliphatic heterocycles. The number of aliphatic imine (C=N–C) groups is 2. The van der Waals surface area contributed by atoms with Crippen molar-refractivity contribution >= 4 is 12.4 Å². The maximum atomic E-state index is 11.6. The van der Waals surface area contributed by atoms with Gasteiger partial charge in [0.05, 0.1) is 26.2 Å². The molecule has 2 atom stereocenters. The fourth-order valence-electron chi connectivity index (χ4n) is 6.52. The van der Waals surface area contributed by atoms with Gasteiger partial charge in [0.15, 0.2) is 0 Å². The lowest BCUT2D eigenvalue weighted by Crippen LogP contribution is -2.38. The second kappa shape index (κ2) is 14.0. The average molecular weight is 639 g/mol. The minimum Gasteiger partial charge on any atom is -0.507 e. The molecule has 4 rings (SSSR count). The second-order valence-corrected chi connectivity index (χ2v) is 17.5. The van der Waals surface area contributed by atoms with Gasteiger partial charge in [0.25, 0.3) is 0 Å². The zero-order chi connectivity index (χ0) is 34.8. The van der Waals surface area contributed by atoms with Crippen LogP contribution >= 0.6 is 0 Å². The van der Waals surface area contributed by atoms with Gasteiger partial charge in [-0.15, -0.1) is 0 Å². The van der Waals surface area contributed by atoms with Gasteiger partial charge in [-0.25, -0.2) is 0 Å². The van der Waals surface area contributed by atoms with Crippen LogP contribution < -0.4 is 0 Å². The molecule has 1 aliphatic rings. The first kappa shape index (κ1) is 36.4. The number of rotatable bonds is 8. The standard InChI is InChI=1S/C42H59N3O2/c1-40(2,3)33-21-30(38(46)32(23-33)28-45(10,11)27-29-17-13-12-14-18-29)25-43-36-19-15-16-20-37(36)44-26-31-22-34(41(4,5)6)24-35(39(31)47)42(7,8)9/h12-14,17-18,21-26,36-37H,15-16,19-20,27-28H2,1-11H3,(H-,43,44,46,47)/p+1/t36-,37-/m0/s1. The summed E-state index contributed by atoms with van der Waals surface area (Å²) >= 11 is 0. The summed E-state index contributed by atoms with van der Waals surface area (Å²) in [7, 11) is 4.43. The Bertz CT molecular complexity index is 1580. The number of quaternary nitrogens is 1. The molecule has 1 saturated carbocycles. The van der Waals surface area contributed by atoms with E-state index in [0.717, 1.165) is 59.0 Å². The third-order valence-corrected chi connectivity index (χ3v) is 9.45. The minimum absolute atomic E-state index is 0.0153. The number of benzene rings is 3. The van der Waals surface area contributed by atoms with Gasteiger partial charge in [0.1, 0.15) is 24.6 Å². The monoisotopic (exact) mass is 638 g/mol. The van der Waals surface area contributed by atoms with Crippen molar-refractivity contribution in [2.75, 3.05) is 14.1 Å². The van der Waals surface area contributed by atoms with Crippen LogP contribution in [0.5, 0.6) is 11.5 Å². The van der Waals surface area contributed by atoms with Crippen LogP contribution in [0.3, 0.4) is 0 Å². The van der Waals surface area contributed by atoms with E-state index in [9.17, 15) is 10.2 Å². The number of nitrogens with zero attached hydrogens (tertiary/aromatic N) is 3. The summed E-state index contributed by atoms with van der Waals surface area (Å²) in [6.45, 7) is 21.3. The molecule has 0 amide bonds. The molecule has 1 aliphatic carbocycles. The predicted octanol–water partition coefficient (Wildman–Crippen LogP) is 9.62. The van der Waals surface area contributed by atoms with Crippen LogP contribution in [0.1, 0.15) is 127 Å². The first-order chi connectivity index (χ1) is 21.7. The highest BCUT2D eigenvalue weighted by molar-refractivity contribution is 5.86. The Morgan fingerprint density at radius 1 is 0.660 bits per heavy atom. The molecule has 0 unspecified atom stereocenters. The van der Waals surface area contributed by atoms with Crippen LogP contribution in [0, 0.1) is 0 Å². The topological polar surface area (TPSA) is 65.2 Å². The Balaban J connectivity index is 1.65. The van der Waals surface area contributed by atoms with Crippen molar-refractivity contribution in [3.63, 3.8) is 0 Å². The molecule has 2 N–H and O–H groups in total. The molecule has 0 spiro atoms. The van der Waals surface area contributed by atoms with Gasteiger partial charge in [-0.1, -0.05) is 112 Å². The van der Waals surface area contributed by atoms with Crippen molar-refractivity contribution in [1.29, 1.82) is 0 Å². The van der Waals surface area contributed by atoms with E-state index in [1.54, 1.807) is 0 Å². The van der Waals surface area contributed by atoms with E-state index in [1.807, 2.05) is 18.5 Å². The van der Waals surface area contributed by atoms with E-state index < -0.39 is 0 Å². The van der Waals surface area contributed by atoms with E-state index in [-0.39, 0.29) is 28.3 Å². The fraction of sp³-hybridized carbons (Fsp3) is 0.524. The molecule has 3 aromatic carbocycles. The van der Waals surface area contributed by atoms with Gasteiger partial charge < -0.3 is 14.7 Å². The summed E-state index contributed by atoms with van der Waals surface area (Å²) in [5.74, 6) is 0.630. The smallest absolute Gasteiger partial charge is 0.133 e. The summed E-state index contributed by atoms with van der Waals surface area (Å²) < 4.78 is 0.724. The first-order valence-corrected chi connectivity index (χ1v) is 17.4. The van der Waals surface area contributed by atoms with Crippen LogP contribution in [0.25, 0.3) is 0 Å². The van der Waals surface area contributed by atoms with E-state index in [1.165, 1.54) is 16.7 Å². The van der Waals surface area contributed by atoms with Crippen molar-refractivity contribution in [2.45, 2.75) is 129 Å². The van der Waals surface area contributed by atoms with Crippen LogP contribution in [0.4, 0.5) is 0 Å². The Morgan fingerprint density at radius 2 is 1.15 bits per heavy atom. The van der Waals surface area contributed by atoms with Gasteiger partial charge in [-0.2, -0.15) is 0 Å². The number of aromatic hydroxyl groups is 2. The molecule has 3 aromatic rings. The molecular weight excluding hydrogens is 578 g/mol. The van der Waals surface area contributed by atoms with Gasteiger partial charge in [-0.05, 0) is 58.4 Å². The zero-order valence-corrected chi connectivity index (χ0v) is 31.0. The zero-order valence-electron chi connectivity index (χ0n) is 31.0. The summed E-state index contributed by atoms with van der Waals surface area (Å²) in [4.78, 5) is 10.2. The maximum Gasteiger partial charge on any atom is 0.133 e. The normalized spacial score (nSPS) is 18.4. The van der Waals surface area contributed by atoms with Crippen molar-refractivity contribution in [1.82, 2.24) is 0 Å². The number of hydrogen-bond donors (Lipinski definition) is 2. The number of phenols is 2. The second-order valence-electron chi connectivity index (χ2n) is 17.5. The summed E-state index contributed by atoms with van der Waals surface area (Å²) in [6.07, 6.45) is 7.89. The molecule has 5 nitrogen and oxygen atoms in total. The van der Waals surface area contributed by atoms with Gasteiger partial charge in [0, 0.05) is 40.2 Å². The average Bonchev–Trinajstić information content (AvgIpc) is 2.95. The molecule has 0 bridgehead atoms. The summed E-state index contributed by atoms with van der Waals surface area (Å²) in [5, 5.41) is 22.9. The van der Waals surface area contributed by atoms with E-state index in [2.05, 4.69) is 125 Å². The van der Waals surface area contributed by atoms with E-state index in [0.29, 0.717) is 18.0 Å².